The summed E-state index contributed by atoms with van der Waals surface area (Å²) in [5.74, 6) is 0.548. The number of amides is 1. The Morgan fingerprint density at radius 2 is 2.19 bits per heavy atom. The molecule has 0 saturated heterocycles. The molecule has 21 heavy (non-hydrogen) atoms. The number of pyridine rings is 1. The van der Waals surface area contributed by atoms with Gasteiger partial charge in [0.25, 0.3) is 0 Å². The summed E-state index contributed by atoms with van der Waals surface area (Å²) in [6.45, 7) is 9.38. The van der Waals surface area contributed by atoms with E-state index < -0.39 is 11.7 Å². The minimum absolute atomic E-state index is 0.000984. The maximum absolute atomic E-state index is 11.6. The molecule has 0 aliphatic carbocycles. The molecule has 1 amide bonds. The number of nitrogen functional groups attached to an aromatic ring is 1. The van der Waals surface area contributed by atoms with E-state index in [1.165, 1.54) is 0 Å². The Morgan fingerprint density at radius 1 is 1.52 bits per heavy atom. The molecule has 0 aliphatic heterocycles. The van der Waals surface area contributed by atoms with Gasteiger partial charge in [0, 0.05) is 12.2 Å². The molecule has 0 spiro atoms. The van der Waals surface area contributed by atoms with Gasteiger partial charge in [0.15, 0.2) is 0 Å². The van der Waals surface area contributed by atoms with Crippen LogP contribution in [-0.4, -0.2) is 22.7 Å². The van der Waals surface area contributed by atoms with Gasteiger partial charge >= 0.3 is 6.09 Å². The van der Waals surface area contributed by atoms with E-state index in [1.807, 2.05) is 52.8 Å². The van der Waals surface area contributed by atoms with Gasteiger partial charge in [-0.1, -0.05) is 12.2 Å². The Kier molecular flexibility index (Phi) is 5.76. The van der Waals surface area contributed by atoms with Crippen molar-refractivity contribution in [3.63, 3.8) is 0 Å². The van der Waals surface area contributed by atoms with Gasteiger partial charge in [-0.15, -0.1) is 0 Å². The number of nitrogens with one attached hydrogen (secondary N) is 1. The quantitative estimate of drug-likeness (QED) is 0.892. The van der Waals surface area contributed by atoms with Crippen molar-refractivity contribution in [2.45, 2.75) is 52.7 Å². The second kappa shape index (κ2) is 7.11. The maximum Gasteiger partial charge on any atom is 0.407 e. The summed E-state index contributed by atoms with van der Waals surface area (Å²) in [7, 11) is 0. The van der Waals surface area contributed by atoms with Gasteiger partial charge in [0.2, 0.25) is 0 Å². The van der Waals surface area contributed by atoms with Crippen LogP contribution in [0.5, 0.6) is 0 Å². The van der Waals surface area contributed by atoms with Crippen LogP contribution in [0.1, 0.15) is 45.2 Å². The predicted octanol–water partition coefficient (Wildman–Crippen LogP) is 3.29. The standard InChI is InChI=1S/C16H25N3O2/c1-11-9-13(10-18-14(11)17)8-6-7-12(2)19-15(20)21-16(3,4)5/h6,8-10,12H,7H2,1-5H3,(H2,17,18)(H,19,20). The van der Waals surface area contributed by atoms with Crippen molar-refractivity contribution in [1.29, 1.82) is 0 Å². The van der Waals surface area contributed by atoms with Crippen LogP contribution in [0.25, 0.3) is 6.08 Å². The predicted molar refractivity (Wildman–Crippen MR) is 85.9 cm³/mol. The van der Waals surface area contributed by atoms with E-state index in [0.717, 1.165) is 11.1 Å². The third kappa shape index (κ3) is 6.79. The highest BCUT2D eigenvalue weighted by molar-refractivity contribution is 5.68. The molecule has 3 N–H and O–H groups in total. The Bertz CT molecular complexity index is 519. The number of hydrogen-bond donors (Lipinski definition) is 2. The average molecular weight is 291 g/mol. The fraction of sp³-hybridized carbons (Fsp3) is 0.500. The second-order valence-corrected chi connectivity index (χ2v) is 6.16. The van der Waals surface area contributed by atoms with E-state index in [-0.39, 0.29) is 6.04 Å². The normalized spacial score (nSPS) is 13.2. The summed E-state index contributed by atoms with van der Waals surface area (Å²) in [6.07, 6.45) is 6.00. The van der Waals surface area contributed by atoms with Crippen LogP contribution in [0.4, 0.5) is 10.6 Å². The minimum Gasteiger partial charge on any atom is -0.444 e. The molecule has 1 aromatic heterocycles. The molecule has 0 aromatic carbocycles. The lowest BCUT2D eigenvalue weighted by Gasteiger charge is -2.21. The molecule has 5 nitrogen and oxygen atoms in total. The number of rotatable bonds is 4. The molecule has 0 bridgehead atoms. The Labute approximate surface area is 126 Å². The van der Waals surface area contributed by atoms with Crippen LogP contribution in [-0.2, 0) is 4.74 Å². The van der Waals surface area contributed by atoms with Crippen LogP contribution in [0, 0.1) is 6.92 Å². The molecule has 0 saturated carbocycles. The molecule has 1 aromatic rings. The fourth-order valence-corrected chi connectivity index (χ4v) is 1.67. The molecule has 0 aliphatic rings. The topological polar surface area (TPSA) is 77.2 Å². The van der Waals surface area contributed by atoms with Crippen molar-refractivity contribution in [2.75, 3.05) is 5.73 Å². The molecule has 0 radical (unpaired) electrons. The van der Waals surface area contributed by atoms with Crippen molar-refractivity contribution >= 4 is 18.0 Å². The first kappa shape index (κ1) is 17.0. The molecular weight excluding hydrogens is 266 g/mol. The van der Waals surface area contributed by atoms with Crippen LogP contribution in [0.3, 0.4) is 0 Å². The van der Waals surface area contributed by atoms with Crippen LogP contribution in [0.2, 0.25) is 0 Å². The van der Waals surface area contributed by atoms with Gasteiger partial charge in [0.05, 0.1) is 0 Å². The molecular formula is C16H25N3O2. The molecule has 1 unspecified atom stereocenters. The van der Waals surface area contributed by atoms with E-state index in [1.54, 1.807) is 6.20 Å². The summed E-state index contributed by atoms with van der Waals surface area (Å²) in [4.78, 5) is 15.7. The zero-order valence-corrected chi connectivity index (χ0v) is 13.4. The highest BCUT2D eigenvalue weighted by atomic mass is 16.6. The van der Waals surface area contributed by atoms with Gasteiger partial charge in [0.1, 0.15) is 11.4 Å². The van der Waals surface area contributed by atoms with E-state index in [4.69, 9.17) is 10.5 Å². The number of carbonyl (C=O) groups excluding carboxylic acids is 1. The average Bonchev–Trinajstić information content (AvgIpc) is 2.31. The highest BCUT2D eigenvalue weighted by Gasteiger charge is 2.17. The van der Waals surface area contributed by atoms with E-state index in [0.29, 0.717) is 12.2 Å². The first-order valence-electron chi connectivity index (χ1n) is 7.05. The smallest absolute Gasteiger partial charge is 0.407 e. The van der Waals surface area contributed by atoms with Crippen molar-refractivity contribution in [3.05, 3.63) is 29.5 Å². The molecule has 0 fully saturated rings. The molecule has 116 valence electrons. The zero-order valence-electron chi connectivity index (χ0n) is 13.4. The molecule has 1 heterocycles. The number of anilines is 1. The van der Waals surface area contributed by atoms with E-state index >= 15 is 0 Å². The number of ether oxygens (including phenoxy) is 1. The second-order valence-electron chi connectivity index (χ2n) is 6.16. The number of aromatic nitrogens is 1. The largest absolute Gasteiger partial charge is 0.444 e. The number of nitrogens with two attached hydrogens (primary N) is 1. The first-order valence-corrected chi connectivity index (χ1v) is 7.05. The van der Waals surface area contributed by atoms with Crippen LogP contribution >= 0.6 is 0 Å². The van der Waals surface area contributed by atoms with Gasteiger partial charge in [-0.25, -0.2) is 9.78 Å². The van der Waals surface area contributed by atoms with Crippen molar-refractivity contribution in [3.8, 4) is 0 Å². The monoisotopic (exact) mass is 291 g/mol. The van der Waals surface area contributed by atoms with Crippen LogP contribution < -0.4 is 11.1 Å². The molecule has 1 rings (SSSR count). The fourth-order valence-electron chi connectivity index (χ4n) is 1.67. The van der Waals surface area contributed by atoms with E-state index in [2.05, 4.69) is 10.3 Å². The van der Waals surface area contributed by atoms with Crippen LogP contribution in [0.15, 0.2) is 18.3 Å². The minimum atomic E-state index is -0.479. The summed E-state index contributed by atoms with van der Waals surface area (Å²) < 4.78 is 5.20. The third-order valence-corrected chi connectivity index (χ3v) is 2.70. The summed E-state index contributed by atoms with van der Waals surface area (Å²) in [5.41, 5.74) is 7.14. The lowest BCUT2D eigenvalue weighted by atomic mass is 10.1. The lowest BCUT2D eigenvalue weighted by molar-refractivity contribution is 0.0509. The third-order valence-electron chi connectivity index (χ3n) is 2.70. The number of carbonyl (C=O) groups is 1. The van der Waals surface area contributed by atoms with E-state index in [9.17, 15) is 4.79 Å². The maximum atomic E-state index is 11.6. The number of nitrogens with zero attached hydrogens (tertiary/aromatic N) is 1. The van der Waals surface area contributed by atoms with Gasteiger partial charge < -0.3 is 15.8 Å². The molecule has 5 heteroatoms. The Hall–Kier alpha value is -2.04. The van der Waals surface area contributed by atoms with Gasteiger partial charge in [-0.2, -0.15) is 0 Å². The first-order chi connectivity index (χ1) is 9.67. The highest BCUT2D eigenvalue weighted by Crippen LogP contribution is 2.11. The number of hydrogen-bond acceptors (Lipinski definition) is 4. The van der Waals surface area contributed by atoms with Crippen molar-refractivity contribution in [2.24, 2.45) is 0 Å². The lowest BCUT2D eigenvalue weighted by Crippen LogP contribution is -2.37. The van der Waals surface area contributed by atoms with Gasteiger partial charge in [-0.05, 0) is 58.2 Å². The van der Waals surface area contributed by atoms with Crippen molar-refractivity contribution < 1.29 is 9.53 Å². The SMILES string of the molecule is Cc1cc(C=CCC(C)NC(=O)OC(C)(C)C)cnc1N. The summed E-state index contributed by atoms with van der Waals surface area (Å²) in [6, 6.07) is 1.98. The Balaban J connectivity index is 2.45. The van der Waals surface area contributed by atoms with Gasteiger partial charge in [-0.3, -0.25) is 0 Å². The summed E-state index contributed by atoms with van der Waals surface area (Å²) in [5, 5.41) is 2.80. The summed E-state index contributed by atoms with van der Waals surface area (Å²) >= 11 is 0. The Morgan fingerprint density at radius 3 is 2.76 bits per heavy atom. The zero-order chi connectivity index (χ0) is 16.0. The van der Waals surface area contributed by atoms with Crippen molar-refractivity contribution in [1.82, 2.24) is 10.3 Å². The number of aryl methyl sites for hydroxylation is 1. The number of alkyl carbamates (subject to hydrolysis) is 1. The molecule has 1 atom stereocenters.